The Kier molecular flexibility index (Phi) is 6.22. The van der Waals surface area contributed by atoms with Gasteiger partial charge in [0.05, 0.1) is 4.92 Å². The van der Waals surface area contributed by atoms with Gasteiger partial charge in [-0.05, 0) is 24.6 Å². The highest BCUT2D eigenvalue weighted by Crippen LogP contribution is 2.12. The van der Waals surface area contributed by atoms with Crippen molar-refractivity contribution in [3.8, 4) is 0 Å². The molecule has 19 heavy (non-hydrogen) atoms. The molecular formula is C15H17NO3. The van der Waals surface area contributed by atoms with Gasteiger partial charge in [0.1, 0.15) is 0 Å². The zero-order valence-corrected chi connectivity index (χ0v) is 10.9. The summed E-state index contributed by atoms with van der Waals surface area (Å²) < 4.78 is 0. The summed E-state index contributed by atoms with van der Waals surface area (Å²) >= 11 is 0. The molecule has 1 aromatic rings. The summed E-state index contributed by atoms with van der Waals surface area (Å²) in [6.45, 7) is 2.13. The van der Waals surface area contributed by atoms with E-state index in [1.165, 1.54) is 30.3 Å². The Balaban J connectivity index is 2.55. The van der Waals surface area contributed by atoms with Crippen LogP contribution in [0, 0.1) is 10.1 Å². The molecular weight excluding hydrogens is 242 g/mol. The highest BCUT2D eigenvalue weighted by molar-refractivity contribution is 6.04. The van der Waals surface area contributed by atoms with E-state index in [4.69, 9.17) is 0 Å². The number of allylic oxidation sites excluding steroid dienone is 4. The Morgan fingerprint density at radius 1 is 1.26 bits per heavy atom. The number of unbranched alkanes of at least 4 members (excludes halogenated alkanes) is 2. The molecule has 0 bridgehead atoms. The standard InChI is InChI=1S/C15H17NO3/c1-2-3-4-5-6-7-8-15(17)13-9-11-14(12-10-13)16(18)19/h5-12H,2-4H2,1H3/b6-5+,8-7+. The van der Waals surface area contributed by atoms with E-state index in [1.54, 1.807) is 6.08 Å². The van der Waals surface area contributed by atoms with E-state index >= 15 is 0 Å². The highest BCUT2D eigenvalue weighted by Gasteiger charge is 2.06. The van der Waals surface area contributed by atoms with Crippen LogP contribution in [0.5, 0.6) is 0 Å². The third-order valence-electron chi connectivity index (χ3n) is 2.58. The van der Waals surface area contributed by atoms with Gasteiger partial charge in [-0.1, -0.05) is 38.0 Å². The first-order valence-electron chi connectivity index (χ1n) is 6.27. The first-order chi connectivity index (χ1) is 9.15. The second-order valence-corrected chi connectivity index (χ2v) is 4.10. The first-order valence-corrected chi connectivity index (χ1v) is 6.27. The van der Waals surface area contributed by atoms with Crippen LogP contribution in [-0.4, -0.2) is 10.7 Å². The lowest BCUT2D eigenvalue weighted by molar-refractivity contribution is -0.384. The minimum absolute atomic E-state index is 0.0139. The molecule has 0 aromatic heterocycles. The summed E-state index contributed by atoms with van der Waals surface area (Å²) in [6, 6.07) is 5.59. The van der Waals surface area contributed by atoms with Gasteiger partial charge in [-0.25, -0.2) is 0 Å². The number of ketones is 1. The lowest BCUT2D eigenvalue weighted by Crippen LogP contribution is -1.94. The lowest BCUT2D eigenvalue weighted by Gasteiger charge is -1.95. The van der Waals surface area contributed by atoms with Gasteiger partial charge in [0.2, 0.25) is 0 Å². The number of hydrogen-bond acceptors (Lipinski definition) is 3. The number of hydrogen-bond donors (Lipinski definition) is 0. The molecule has 0 heterocycles. The third kappa shape index (κ3) is 5.29. The van der Waals surface area contributed by atoms with E-state index in [0.29, 0.717) is 5.56 Å². The summed E-state index contributed by atoms with van der Waals surface area (Å²) in [5.41, 5.74) is 0.434. The number of benzene rings is 1. The molecule has 0 saturated carbocycles. The van der Waals surface area contributed by atoms with Crippen molar-refractivity contribution >= 4 is 11.5 Å². The van der Waals surface area contributed by atoms with E-state index in [-0.39, 0.29) is 11.5 Å². The highest BCUT2D eigenvalue weighted by atomic mass is 16.6. The van der Waals surface area contributed by atoms with Crippen LogP contribution >= 0.6 is 0 Å². The average Bonchev–Trinajstić information content (AvgIpc) is 2.42. The molecule has 0 spiro atoms. The minimum Gasteiger partial charge on any atom is -0.289 e. The summed E-state index contributed by atoms with van der Waals surface area (Å²) in [7, 11) is 0. The van der Waals surface area contributed by atoms with Gasteiger partial charge in [-0.15, -0.1) is 0 Å². The van der Waals surface area contributed by atoms with E-state index in [0.717, 1.165) is 19.3 Å². The summed E-state index contributed by atoms with van der Waals surface area (Å²) in [5.74, 6) is -0.157. The predicted octanol–water partition coefficient (Wildman–Crippen LogP) is 4.08. The average molecular weight is 259 g/mol. The molecule has 4 heteroatoms. The van der Waals surface area contributed by atoms with Crippen molar-refractivity contribution in [3.05, 3.63) is 64.2 Å². The SMILES string of the molecule is CCCC/C=C/C=C/C(=O)c1ccc([N+](=O)[O-])cc1. The molecule has 0 saturated heterocycles. The predicted molar refractivity (Wildman–Crippen MR) is 75.2 cm³/mol. The third-order valence-corrected chi connectivity index (χ3v) is 2.58. The van der Waals surface area contributed by atoms with Crippen molar-refractivity contribution < 1.29 is 9.72 Å². The first kappa shape index (κ1) is 14.8. The van der Waals surface area contributed by atoms with Crippen LogP contribution in [0.3, 0.4) is 0 Å². The molecule has 4 nitrogen and oxygen atoms in total. The fraction of sp³-hybridized carbons (Fsp3) is 0.267. The normalized spacial score (nSPS) is 11.2. The molecule has 0 aliphatic rings. The molecule has 100 valence electrons. The second-order valence-electron chi connectivity index (χ2n) is 4.10. The van der Waals surface area contributed by atoms with Crippen LogP contribution in [-0.2, 0) is 0 Å². The molecule has 0 unspecified atom stereocenters. The number of carbonyl (C=O) groups excluding carboxylic acids is 1. The second kappa shape index (κ2) is 7.97. The van der Waals surface area contributed by atoms with E-state index < -0.39 is 4.92 Å². The van der Waals surface area contributed by atoms with Gasteiger partial charge in [0.25, 0.3) is 5.69 Å². The molecule has 1 rings (SSSR count). The van der Waals surface area contributed by atoms with Crippen LogP contribution in [0.1, 0.15) is 36.5 Å². The summed E-state index contributed by atoms with van der Waals surface area (Å²) in [6.07, 6.45) is 10.3. The topological polar surface area (TPSA) is 60.2 Å². The van der Waals surface area contributed by atoms with E-state index in [9.17, 15) is 14.9 Å². The molecule has 1 aromatic carbocycles. The number of rotatable bonds is 7. The van der Waals surface area contributed by atoms with Crippen molar-refractivity contribution in [2.45, 2.75) is 26.2 Å². The largest absolute Gasteiger partial charge is 0.289 e. The zero-order chi connectivity index (χ0) is 14.1. The quantitative estimate of drug-likeness (QED) is 0.185. The maximum atomic E-state index is 11.7. The van der Waals surface area contributed by atoms with Crippen LogP contribution < -0.4 is 0 Å². The van der Waals surface area contributed by atoms with Crippen molar-refractivity contribution in [2.24, 2.45) is 0 Å². The van der Waals surface area contributed by atoms with Crippen LogP contribution in [0.15, 0.2) is 48.6 Å². The van der Waals surface area contributed by atoms with Gasteiger partial charge < -0.3 is 0 Å². The van der Waals surface area contributed by atoms with Crippen LogP contribution in [0.2, 0.25) is 0 Å². The van der Waals surface area contributed by atoms with Gasteiger partial charge in [0.15, 0.2) is 5.78 Å². The van der Waals surface area contributed by atoms with Gasteiger partial charge >= 0.3 is 0 Å². The molecule has 0 aliphatic heterocycles. The number of nitro benzene ring substituents is 1. The van der Waals surface area contributed by atoms with Gasteiger partial charge in [0, 0.05) is 17.7 Å². The smallest absolute Gasteiger partial charge is 0.269 e. The number of non-ortho nitro benzene ring substituents is 1. The minimum atomic E-state index is -0.486. The Labute approximate surface area is 112 Å². The van der Waals surface area contributed by atoms with E-state index in [2.05, 4.69) is 6.92 Å². The maximum Gasteiger partial charge on any atom is 0.269 e. The molecule has 0 aliphatic carbocycles. The van der Waals surface area contributed by atoms with Crippen molar-refractivity contribution in [2.75, 3.05) is 0 Å². The number of carbonyl (C=O) groups is 1. The molecule has 0 N–H and O–H groups in total. The zero-order valence-electron chi connectivity index (χ0n) is 10.9. The van der Waals surface area contributed by atoms with E-state index in [1.807, 2.05) is 12.2 Å². The molecule has 0 atom stereocenters. The molecule has 0 amide bonds. The Morgan fingerprint density at radius 2 is 1.95 bits per heavy atom. The summed E-state index contributed by atoms with van der Waals surface area (Å²) in [4.78, 5) is 21.7. The maximum absolute atomic E-state index is 11.7. The lowest BCUT2D eigenvalue weighted by atomic mass is 10.1. The molecule has 0 radical (unpaired) electrons. The monoisotopic (exact) mass is 259 g/mol. The van der Waals surface area contributed by atoms with Gasteiger partial charge in [-0.3, -0.25) is 14.9 Å². The number of nitro groups is 1. The van der Waals surface area contributed by atoms with Crippen molar-refractivity contribution in [3.63, 3.8) is 0 Å². The summed E-state index contributed by atoms with van der Waals surface area (Å²) in [5, 5.41) is 10.5. The van der Waals surface area contributed by atoms with Gasteiger partial charge in [-0.2, -0.15) is 0 Å². The van der Waals surface area contributed by atoms with Crippen molar-refractivity contribution in [1.82, 2.24) is 0 Å². The Bertz CT molecular complexity index is 487. The Morgan fingerprint density at radius 3 is 2.53 bits per heavy atom. The molecule has 0 fully saturated rings. The van der Waals surface area contributed by atoms with Crippen molar-refractivity contribution in [1.29, 1.82) is 0 Å². The van der Waals surface area contributed by atoms with Crippen LogP contribution in [0.4, 0.5) is 5.69 Å². The Hall–Kier alpha value is -2.23. The fourth-order valence-corrected chi connectivity index (χ4v) is 1.48. The fourth-order valence-electron chi connectivity index (χ4n) is 1.48. The van der Waals surface area contributed by atoms with Crippen LogP contribution in [0.25, 0.3) is 0 Å². The number of nitrogens with zero attached hydrogens (tertiary/aromatic N) is 1.